The number of carbonyl (C=O) groups is 1. The number of hydrogen-bond acceptors (Lipinski definition) is 2. The van der Waals surface area contributed by atoms with Crippen molar-refractivity contribution in [2.24, 2.45) is 0 Å². The van der Waals surface area contributed by atoms with Crippen molar-refractivity contribution in [3.05, 3.63) is 34.9 Å². The van der Waals surface area contributed by atoms with Gasteiger partial charge in [0, 0.05) is 12.0 Å². The minimum Gasteiger partial charge on any atom is -0.456 e. The van der Waals surface area contributed by atoms with Gasteiger partial charge in [0.25, 0.3) is 0 Å². The maximum atomic E-state index is 13.2. The molecule has 1 aromatic rings. The maximum absolute atomic E-state index is 13.2. The minimum absolute atomic E-state index is 0.0213. The number of esters is 1. The van der Waals surface area contributed by atoms with E-state index in [4.69, 9.17) is 0 Å². The standard InChI is InChI=1S/C12H10F2O2/c1-3-16-12(15)5-4-9-6-8(2)10(13)7-11(9)14/h6-7H,3H2,1-2H3. The molecule has 0 unspecified atom stereocenters. The molecule has 0 aliphatic carbocycles. The molecular weight excluding hydrogens is 214 g/mol. The summed E-state index contributed by atoms with van der Waals surface area (Å²) in [6, 6.07) is 1.99. The van der Waals surface area contributed by atoms with Crippen molar-refractivity contribution in [2.75, 3.05) is 6.61 Å². The maximum Gasteiger partial charge on any atom is 0.384 e. The molecule has 0 fully saturated rings. The summed E-state index contributed by atoms with van der Waals surface area (Å²) < 4.78 is 30.6. The molecule has 0 amide bonds. The highest BCUT2D eigenvalue weighted by Gasteiger charge is 2.05. The lowest BCUT2D eigenvalue weighted by Crippen LogP contribution is -2.00. The number of hydrogen-bond donors (Lipinski definition) is 0. The van der Waals surface area contributed by atoms with E-state index in [1.54, 1.807) is 6.92 Å². The lowest BCUT2D eigenvalue weighted by molar-refractivity contribution is -0.136. The smallest absolute Gasteiger partial charge is 0.384 e. The summed E-state index contributed by atoms with van der Waals surface area (Å²) in [5.74, 6) is 2.25. The van der Waals surface area contributed by atoms with Crippen molar-refractivity contribution in [2.45, 2.75) is 13.8 Å². The molecule has 4 heteroatoms. The van der Waals surface area contributed by atoms with Crippen molar-refractivity contribution < 1.29 is 18.3 Å². The second-order valence-electron chi connectivity index (χ2n) is 3.05. The van der Waals surface area contributed by atoms with Crippen molar-refractivity contribution >= 4 is 5.97 Å². The van der Waals surface area contributed by atoms with Crippen LogP contribution in [-0.4, -0.2) is 12.6 Å². The lowest BCUT2D eigenvalue weighted by Gasteiger charge is -1.98. The van der Waals surface area contributed by atoms with Gasteiger partial charge in [0.15, 0.2) is 0 Å². The molecule has 0 atom stereocenters. The first kappa shape index (κ1) is 12.2. The van der Waals surface area contributed by atoms with Gasteiger partial charge in [-0.3, -0.25) is 0 Å². The van der Waals surface area contributed by atoms with E-state index >= 15 is 0 Å². The summed E-state index contributed by atoms with van der Waals surface area (Å²) in [6.45, 7) is 3.34. The molecule has 0 N–H and O–H groups in total. The van der Waals surface area contributed by atoms with Crippen molar-refractivity contribution in [3.63, 3.8) is 0 Å². The fourth-order valence-electron chi connectivity index (χ4n) is 1.04. The van der Waals surface area contributed by atoms with Gasteiger partial charge in [-0.25, -0.2) is 13.6 Å². The predicted octanol–water partition coefficient (Wildman–Crippen LogP) is 2.19. The third kappa shape index (κ3) is 3.06. The van der Waals surface area contributed by atoms with Crippen LogP contribution in [0.5, 0.6) is 0 Å². The van der Waals surface area contributed by atoms with Gasteiger partial charge < -0.3 is 4.74 Å². The summed E-state index contributed by atoms with van der Waals surface area (Å²) >= 11 is 0. The molecule has 0 spiro atoms. The molecule has 84 valence electrons. The van der Waals surface area contributed by atoms with Crippen LogP contribution in [0, 0.1) is 30.4 Å². The van der Waals surface area contributed by atoms with Crippen LogP contribution < -0.4 is 0 Å². The number of ether oxygens (including phenoxy) is 1. The van der Waals surface area contributed by atoms with E-state index in [1.165, 1.54) is 13.0 Å². The summed E-state index contributed by atoms with van der Waals surface area (Å²) in [5.41, 5.74) is 0.251. The highest BCUT2D eigenvalue weighted by atomic mass is 19.1. The van der Waals surface area contributed by atoms with E-state index < -0.39 is 17.6 Å². The first-order chi connectivity index (χ1) is 7.54. The van der Waals surface area contributed by atoms with Crippen LogP contribution in [0.2, 0.25) is 0 Å². The Morgan fingerprint density at radius 3 is 2.69 bits per heavy atom. The molecule has 0 radical (unpaired) electrons. The highest BCUT2D eigenvalue weighted by Crippen LogP contribution is 2.12. The highest BCUT2D eigenvalue weighted by molar-refractivity contribution is 5.89. The van der Waals surface area contributed by atoms with Crippen LogP contribution in [0.4, 0.5) is 8.78 Å². The average Bonchev–Trinajstić information content (AvgIpc) is 2.22. The Balaban J connectivity index is 2.97. The molecule has 0 heterocycles. The third-order valence-corrected chi connectivity index (χ3v) is 1.82. The van der Waals surface area contributed by atoms with E-state index in [1.807, 2.05) is 0 Å². The molecule has 1 rings (SSSR count). The fourth-order valence-corrected chi connectivity index (χ4v) is 1.04. The Morgan fingerprint density at radius 1 is 1.38 bits per heavy atom. The second kappa shape index (κ2) is 5.26. The van der Waals surface area contributed by atoms with Crippen LogP contribution in [-0.2, 0) is 9.53 Å². The normalized spacial score (nSPS) is 9.25. The number of aryl methyl sites for hydroxylation is 1. The van der Waals surface area contributed by atoms with Gasteiger partial charge >= 0.3 is 5.97 Å². The summed E-state index contributed by atoms with van der Waals surface area (Å²) in [4.78, 5) is 10.9. The molecule has 0 saturated heterocycles. The number of benzene rings is 1. The molecular formula is C12H10F2O2. The SMILES string of the molecule is CCOC(=O)C#Cc1cc(C)c(F)cc1F. The number of halogens is 2. The molecule has 0 bridgehead atoms. The van der Waals surface area contributed by atoms with Gasteiger partial charge in [0.2, 0.25) is 0 Å². The zero-order valence-electron chi connectivity index (χ0n) is 8.93. The van der Waals surface area contributed by atoms with Crippen molar-refractivity contribution in [1.82, 2.24) is 0 Å². The Morgan fingerprint density at radius 2 is 2.06 bits per heavy atom. The van der Waals surface area contributed by atoms with Crippen LogP contribution >= 0.6 is 0 Å². The van der Waals surface area contributed by atoms with Crippen LogP contribution in [0.15, 0.2) is 12.1 Å². The summed E-state index contributed by atoms with van der Waals surface area (Å²) in [5, 5.41) is 0. The van der Waals surface area contributed by atoms with Crippen LogP contribution in [0.1, 0.15) is 18.1 Å². The number of rotatable bonds is 1. The topological polar surface area (TPSA) is 26.3 Å². The summed E-state index contributed by atoms with van der Waals surface area (Å²) in [6.07, 6.45) is 0. The average molecular weight is 224 g/mol. The molecule has 0 aliphatic rings. The van der Waals surface area contributed by atoms with Gasteiger partial charge in [0.05, 0.1) is 12.2 Å². The molecule has 0 aliphatic heterocycles. The van der Waals surface area contributed by atoms with Gasteiger partial charge in [0.1, 0.15) is 11.6 Å². The number of carbonyl (C=O) groups excluding carboxylic acids is 1. The Bertz CT molecular complexity index is 470. The lowest BCUT2D eigenvalue weighted by atomic mass is 10.1. The monoisotopic (exact) mass is 224 g/mol. The molecule has 0 saturated carbocycles. The zero-order valence-corrected chi connectivity index (χ0v) is 8.93. The van der Waals surface area contributed by atoms with E-state index in [2.05, 4.69) is 16.6 Å². The van der Waals surface area contributed by atoms with Gasteiger partial charge in [-0.2, -0.15) is 0 Å². The predicted molar refractivity (Wildman–Crippen MR) is 54.6 cm³/mol. The minimum atomic E-state index is -0.792. The van der Waals surface area contributed by atoms with Crippen LogP contribution in [0.3, 0.4) is 0 Å². The molecule has 0 aromatic heterocycles. The van der Waals surface area contributed by atoms with Gasteiger partial charge in [-0.1, -0.05) is 5.92 Å². The van der Waals surface area contributed by atoms with E-state index in [-0.39, 0.29) is 17.7 Å². The van der Waals surface area contributed by atoms with Crippen molar-refractivity contribution in [1.29, 1.82) is 0 Å². The van der Waals surface area contributed by atoms with E-state index in [9.17, 15) is 13.6 Å². The Hall–Kier alpha value is -1.89. The van der Waals surface area contributed by atoms with E-state index in [0.29, 0.717) is 0 Å². The first-order valence-electron chi connectivity index (χ1n) is 4.69. The fraction of sp³-hybridized carbons (Fsp3) is 0.250. The second-order valence-corrected chi connectivity index (χ2v) is 3.05. The first-order valence-corrected chi connectivity index (χ1v) is 4.69. The van der Waals surface area contributed by atoms with Gasteiger partial charge in [-0.15, -0.1) is 0 Å². The van der Waals surface area contributed by atoms with Crippen molar-refractivity contribution in [3.8, 4) is 11.8 Å². The molecule has 16 heavy (non-hydrogen) atoms. The van der Waals surface area contributed by atoms with E-state index in [0.717, 1.165) is 6.07 Å². The largest absolute Gasteiger partial charge is 0.456 e. The van der Waals surface area contributed by atoms with Gasteiger partial charge in [-0.05, 0) is 25.5 Å². The molecule has 2 nitrogen and oxygen atoms in total. The summed E-state index contributed by atoms with van der Waals surface area (Å²) in [7, 11) is 0. The Kier molecular flexibility index (Phi) is 4.01. The zero-order chi connectivity index (χ0) is 12.1. The van der Waals surface area contributed by atoms with Crippen LogP contribution in [0.25, 0.3) is 0 Å². The quantitative estimate of drug-likeness (QED) is 0.540. The molecule has 1 aromatic carbocycles. The Labute approximate surface area is 92.2 Å². The third-order valence-electron chi connectivity index (χ3n) is 1.82.